The summed E-state index contributed by atoms with van der Waals surface area (Å²) in [6.07, 6.45) is 0.675. The number of aromatic nitrogens is 4. The van der Waals surface area contributed by atoms with E-state index in [1.807, 2.05) is 79.2 Å². The van der Waals surface area contributed by atoms with Gasteiger partial charge in [-0.1, -0.05) is 36.4 Å². The highest BCUT2D eigenvalue weighted by Gasteiger charge is 2.14. The molecule has 0 radical (unpaired) electrons. The van der Waals surface area contributed by atoms with Gasteiger partial charge in [-0.15, -0.1) is 10.2 Å². The fraction of sp³-hybridized carbons (Fsp3) is 0.217. The van der Waals surface area contributed by atoms with E-state index in [9.17, 15) is 4.79 Å². The smallest absolute Gasteiger partial charge is 0.247 e. The van der Waals surface area contributed by atoms with Crippen molar-refractivity contribution in [3.8, 4) is 17.1 Å². The van der Waals surface area contributed by atoms with Crippen LogP contribution in [0, 0.1) is 13.8 Å². The van der Waals surface area contributed by atoms with Gasteiger partial charge in [0, 0.05) is 36.2 Å². The lowest BCUT2D eigenvalue weighted by molar-refractivity contribution is -0.121. The molecule has 0 fully saturated rings. The summed E-state index contributed by atoms with van der Waals surface area (Å²) in [5.74, 6) is 0.847. The van der Waals surface area contributed by atoms with Gasteiger partial charge in [-0.3, -0.25) is 4.79 Å². The van der Waals surface area contributed by atoms with Crippen molar-refractivity contribution < 1.29 is 9.21 Å². The number of carbonyl (C=O) groups is 1. The summed E-state index contributed by atoms with van der Waals surface area (Å²) in [7, 11) is 0. The van der Waals surface area contributed by atoms with Crippen LogP contribution in [0.25, 0.3) is 17.1 Å². The van der Waals surface area contributed by atoms with Gasteiger partial charge in [-0.25, -0.2) is 4.68 Å². The molecule has 0 aliphatic rings. The van der Waals surface area contributed by atoms with E-state index in [1.165, 1.54) is 0 Å². The van der Waals surface area contributed by atoms with Crippen molar-refractivity contribution in [3.63, 3.8) is 0 Å². The van der Waals surface area contributed by atoms with Crippen LogP contribution in [0.1, 0.15) is 29.3 Å². The third-order valence-electron chi connectivity index (χ3n) is 4.96. The molecule has 0 bridgehead atoms. The highest BCUT2D eigenvalue weighted by Crippen LogP contribution is 2.19. The Kier molecular flexibility index (Phi) is 5.70. The van der Waals surface area contributed by atoms with E-state index < -0.39 is 0 Å². The van der Waals surface area contributed by atoms with Crippen molar-refractivity contribution in [2.75, 3.05) is 0 Å². The molecule has 7 heteroatoms. The van der Waals surface area contributed by atoms with Crippen molar-refractivity contribution >= 4 is 5.91 Å². The van der Waals surface area contributed by atoms with Gasteiger partial charge in [0.05, 0.1) is 11.4 Å². The molecule has 0 spiro atoms. The highest BCUT2D eigenvalue weighted by atomic mass is 16.4. The zero-order valence-electron chi connectivity index (χ0n) is 17.0. The third-order valence-corrected chi connectivity index (χ3v) is 4.96. The number of hydrogen-bond donors (Lipinski definition) is 1. The van der Waals surface area contributed by atoms with Crippen molar-refractivity contribution in [3.05, 3.63) is 83.5 Å². The molecule has 0 atom stereocenters. The molecule has 30 heavy (non-hydrogen) atoms. The Morgan fingerprint density at radius 1 is 1.00 bits per heavy atom. The second-order valence-electron chi connectivity index (χ2n) is 7.04. The topological polar surface area (TPSA) is 85.8 Å². The first-order chi connectivity index (χ1) is 14.6. The minimum absolute atomic E-state index is 0.0688. The van der Waals surface area contributed by atoms with E-state index in [1.54, 1.807) is 0 Å². The van der Waals surface area contributed by atoms with Gasteiger partial charge in [-0.2, -0.15) is 5.10 Å². The lowest BCUT2D eigenvalue weighted by Crippen LogP contribution is -2.23. The van der Waals surface area contributed by atoms with Crippen molar-refractivity contribution in [1.82, 2.24) is 25.3 Å². The zero-order valence-corrected chi connectivity index (χ0v) is 17.0. The number of nitrogens with one attached hydrogen (secondary N) is 1. The summed E-state index contributed by atoms with van der Waals surface area (Å²) in [4.78, 5) is 12.3. The third kappa shape index (κ3) is 4.30. The van der Waals surface area contributed by atoms with E-state index in [4.69, 9.17) is 4.42 Å². The minimum Gasteiger partial charge on any atom is -0.421 e. The number of para-hydroxylation sites is 1. The second kappa shape index (κ2) is 8.73. The van der Waals surface area contributed by atoms with E-state index >= 15 is 0 Å². The van der Waals surface area contributed by atoms with Gasteiger partial charge in [-0.05, 0) is 38.1 Å². The molecule has 1 N–H and O–H groups in total. The quantitative estimate of drug-likeness (QED) is 0.509. The lowest BCUT2D eigenvalue weighted by atomic mass is 10.2. The molecule has 2 aromatic carbocycles. The molecule has 7 nitrogen and oxygen atoms in total. The first kappa shape index (κ1) is 19.6. The molecule has 1 amide bonds. The Hall–Kier alpha value is -3.74. The average molecular weight is 401 g/mol. The molecular weight excluding hydrogens is 378 g/mol. The number of rotatable bonds is 7. The Morgan fingerprint density at radius 2 is 1.70 bits per heavy atom. The summed E-state index contributed by atoms with van der Waals surface area (Å²) < 4.78 is 7.56. The fourth-order valence-corrected chi connectivity index (χ4v) is 3.30. The Morgan fingerprint density at radius 3 is 2.43 bits per heavy atom. The summed E-state index contributed by atoms with van der Waals surface area (Å²) in [5.41, 5.74) is 4.81. The maximum absolute atomic E-state index is 12.3. The van der Waals surface area contributed by atoms with E-state index in [0.717, 1.165) is 28.2 Å². The molecule has 0 saturated heterocycles. The monoisotopic (exact) mass is 401 g/mol. The predicted molar refractivity (Wildman–Crippen MR) is 113 cm³/mol. The summed E-state index contributed by atoms with van der Waals surface area (Å²) in [6, 6.07) is 19.5. The van der Waals surface area contributed by atoms with Gasteiger partial charge in [0.1, 0.15) is 0 Å². The van der Waals surface area contributed by atoms with Crippen LogP contribution in [0.4, 0.5) is 0 Å². The van der Waals surface area contributed by atoms with Crippen LogP contribution in [-0.2, 0) is 17.8 Å². The normalized spacial score (nSPS) is 10.9. The van der Waals surface area contributed by atoms with Crippen LogP contribution >= 0.6 is 0 Å². The molecule has 0 unspecified atom stereocenters. The van der Waals surface area contributed by atoms with E-state index in [-0.39, 0.29) is 12.3 Å². The Bertz CT molecular complexity index is 1130. The van der Waals surface area contributed by atoms with Crippen LogP contribution in [0.15, 0.2) is 65.1 Å². The SMILES string of the molecule is Cc1nn(-c2ccccc2)c(C)c1CNC(=O)CCc1nnc(-c2ccccc2)o1. The molecule has 4 rings (SSSR count). The number of hydrogen-bond acceptors (Lipinski definition) is 5. The second-order valence-corrected chi connectivity index (χ2v) is 7.04. The molecule has 4 aromatic rings. The number of carbonyl (C=O) groups excluding carboxylic acids is 1. The van der Waals surface area contributed by atoms with Gasteiger partial charge in [0.25, 0.3) is 0 Å². The van der Waals surface area contributed by atoms with Crippen LogP contribution in [-0.4, -0.2) is 25.9 Å². The molecule has 152 valence electrons. The van der Waals surface area contributed by atoms with Gasteiger partial charge in [0.2, 0.25) is 17.7 Å². The number of amides is 1. The van der Waals surface area contributed by atoms with Gasteiger partial charge >= 0.3 is 0 Å². The van der Waals surface area contributed by atoms with Crippen LogP contribution in [0.3, 0.4) is 0 Å². The Labute approximate surface area is 174 Å². The van der Waals surface area contributed by atoms with Gasteiger partial charge in [0.15, 0.2) is 0 Å². The average Bonchev–Trinajstić information content (AvgIpc) is 3.37. The molecule has 2 heterocycles. The number of aryl methyl sites for hydroxylation is 2. The molecular formula is C23H23N5O2. The Balaban J connectivity index is 1.34. The highest BCUT2D eigenvalue weighted by molar-refractivity contribution is 5.76. The van der Waals surface area contributed by atoms with Crippen molar-refractivity contribution in [2.24, 2.45) is 0 Å². The van der Waals surface area contributed by atoms with Crippen LogP contribution < -0.4 is 5.32 Å². The summed E-state index contributed by atoms with van der Waals surface area (Å²) >= 11 is 0. The predicted octanol–water partition coefficient (Wildman–Crippen LogP) is 3.79. The molecule has 0 saturated carbocycles. The number of nitrogens with zero attached hydrogens (tertiary/aromatic N) is 4. The zero-order chi connectivity index (χ0) is 20.9. The fourth-order valence-electron chi connectivity index (χ4n) is 3.30. The van der Waals surface area contributed by atoms with Crippen LogP contribution in [0.5, 0.6) is 0 Å². The van der Waals surface area contributed by atoms with E-state index in [2.05, 4.69) is 20.6 Å². The van der Waals surface area contributed by atoms with Crippen LogP contribution in [0.2, 0.25) is 0 Å². The van der Waals surface area contributed by atoms with Crippen molar-refractivity contribution in [1.29, 1.82) is 0 Å². The summed E-state index contributed by atoms with van der Waals surface area (Å²) in [6.45, 7) is 4.40. The standard InChI is InChI=1S/C23H23N5O2/c1-16-20(17(2)28(27-16)19-11-7-4-8-12-19)15-24-21(29)13-14-22-25-26-23(30-22)18-9-5-3-6-10-18/h3-12H,13-15H2,1-2H3,(H,24,29). The van der Waals surface area contributed by atoms with Crippen molar-refractivity contribution in [2.45, 2.75) is 33.2 Å². The number of benzene rings is 2. The maximum atomic E-state index is 12.3. The van der Waals surface area contributed by atoms with Gasteiger partial charge < -0.3 is 9.73 Å². The minimum atomic E-state index is -0.0688. The largest absolute Gasteiger partial charge is 0.421 e. The maximum Gasteiger partial charge on any atom is 0.247 e. The first-order valence-electron chi connectivity index (χ1n) is 9.87. The lowest BCUT2D eigenvalue weighted by Gasteiger charge is -2.07. The molecule has 2 aromatic heterocycles. The summed E-state index contributed by atoms with van der Waals surface area (Å²) in [5, 5.41) is 15.7. The van der Waals surface area contributed by atoms with E-state index in [0.29, 0.717) is 24.7 Å². The molecule has 0 aliphatic heterocycles. The molecule has 0 aliphatic carbocycles. The first-order valence-corrected chi connectivity index (χ1v) is 9.87.